The van der Waals surface area contributed by atoms with E-state index in [-0.39, 0.29) is 16.6 Å². The van der Waals surface area contributed by atoms with Crippen molar-refractivity contribution in [3.05, 3.63) is 40.0 Å². The summed E-state index contributed by atoms with van der Waals surface area (Å²) in [7, 11) is 0. The summed E-state index contributed by atoms with van der Waals surface area (Å²) in [6.07, 6.45) is 1.37. The molecule has 1 amide bonds. The first-order valence-electron chi connectivity index (χ1n) is 5.57. The van der Waals surface area contributed by atoms with Crippen molar-refractivity contribution in [3.8, 4) is 6.07 Å². The van der Waals surface area contributed by atoms with Crippen LogP contribution in [0, 0.1) is 11.3 Å². The minimum absolute atomic E-state index is 0.0373. The van der Waals surface area contributed by atoms with Gasteiger partial charge in [0, 0.05) is 12.2 Å². The molecule has 6 heteroatoms. The lowest BCUT2D eigenvalue weighted by Gasteiger charge is -2.08. The average molecular weight is 298 g/mol. The molecule has 0 unspecified atom stereocenters. The summed E-state index contributed by atoms with van der Waals surface area (Å²) in [6, 6.07) is 6.83. The Bertz CT molecular complexity index is 547. The molecule has 0 aromatic heterocycles. The summed E-state index contributed by atoms with van der Waals surface area (Å²) >= 11 is 11.8. The lowest BCUT2D eigenvalue weighted by atomic mass is 10.2. The minimum atomic E-state index is -0.542. The van der Waals surface area contributed by atoms with Crippen molar-refractivity contribution in [1.29, 1.82) is 5.26 Å². The minimum Gasteiger partial charge on any atom is -0.387 e. The number of nitriles is 1. The first-order chi connectivity index (χ1) is 8.95. The fourth-order valence-corrected chi connectivity index (χ4v) is 1.54. The van der Waals surface area contributed by atoms with E-state index in [0.29, 0.717) is 10.7 Å². The topological polar surface area (TPSA) is 64.9 Å². The largest absolute Gasteiger partial charge is 0.387 e. The summed E-state index contributed by atoms with van der Waals surface area (Å²) in [5.41, 5.74) is 0.328. The van der Waals surface area contributed by atoms with Crippen molar-refractivity contribution >= 4 is 34.8 Å². The molecule has 0 aliphatic rings. The Morgan fingerprint density at radius 3 is 2.68 bits per heavy atom. The van der Waals surface area contributed by atoms with Crippen molar-refractivity contribution in [2.24, 2.45) is 0 Å². The number of amides is 1. The van der Waals surface area contributed by atoms with Gasteiger partial charge >= 0.3 is 0 Å². The van der Waals surface area contributed by atoms with E-state index >= 15 is 0 Å². The van der Waals surface area contributed by atoms with Crippen LogP contribution in [0.15, 0.2) is 30.0 Å². The quantitative estimate of drug-likeness (QED) is 0.662. The number of carbonyl (C=O) groups excluding carboxylic acids is 1. The highest BCUT2D eigenvalue weighted by Crippen LogP contribution is 2.29. The Kier molecular flexibility index (Phi) is 5.68. The molecule has 0 heterocycles. The lowest BCUT2D eigenvalue weighted by molar-refractivity contribution is -0.112. The smallest absolute Gasteiger partial charge is 0.267 e. The number of rotatable bonds is 4. The van der Waals surface area contributed by atoms with Crippen LogP contribution in [0.25, 0.3) is 0 Å². The molecule has 0 atom stereocenters. The van der Waals surface area contributed by atoms with Gasteiger partial charge in [0.15, 0.2) is 0 Å². The third-order valence-electron chi connectivity index (χ3n) is 2.13. The van der Waals surface area contributed by atoms with Gasteiger partial charge in [0.1, 0.15) is 11.6 Å². The van der Waals surface area contributed by atoms with Crippen LogP contribution < -0.4 is 10.6 Å². The molecule has 100 valence electrons. The first kappa shape index (κ1) is 15.4. The van der Waals surface area contributed by atoms with Crippen LogP contribution in [0.3, 0.4) is 0 Å². The molecule has 1 aromatic rings. The van der Waals surface area contributed by atoms with Crippen LogP contribution in [-0.4, -0.2) is 11.9 Å². The molecule has 1 aromatic carbocycles. The van der Waals surface area contributed by atoms with E-state index in [9.17, 15) is 4.79 Å². The molecule has 0 saturated carbocycles. The first-order valence-corrected chi connectivity index (χ1v) is 6.33. The average Bonchev–Trinajstić information content (AvgIpc) is 2.35. The molecule has 19 heavy (non-hydrogen) atoms. The van der Waals surface area contributed by atoms with E-state index in [4.69, 9.17) is 28.5 Å². The Labute approximate surface area is 122 Å². The van der Waals surface area contributed by atoms with E-state index in [1.807, 2.05) is 19.9 Å². The lowest BCUT2D eigenvalue weighted by Crippen LogP contribution is -2.20. The zero-order chi connectivity index (χ0) is 14.4. The molecule has 0 aliphatic heterocycles. The number of hydrogen-bond acceptors (Lipinski definition) is 3. The normalized spacial score (nSPS) is 11.1. The summed E-state index contributed by atoms with van der Waals surface area (Å²) in [5.74, 6) is -0.542. The van der Waals surface area contributed by atoms with E-state index in [1.54, 1.807) is 18.2 Å². The van der Waals surface area contributed by atoms with Crippen molar-refractivity contribution in [3.63, 3.8) is 0 Å². The maximum Gasteiger partial charge on any atom is 0.267 e. The van der Waals surface area contributed by atoms with Gasteiger partial charge in [-0.1, -0.05) is 29.3 Å². The zero-order valence-electron chi connectivity index (χ0n) is 10.5. The van der Waals surface area contributed by atoms with E-state index < -0.39 is 5.91 Å². The second kappa shape index (κ2) is 7.03. The molecular formula is C13H13Cl2N3O. The Hall–Kier alpha value is -1.70. The summed E-state index contributed by atoms with van der Waals surface area (Å²) < 4.78 is 0. The third kappa shape index (κ3) is 4.47. The van der Waals surface area contributed by atoms with Gasteiger partial charge in [-0.3, -0.25) is 4.79 Å². The van der Waals surface area contributed by atoms with Crippen molar-refractivity contribution in [2.75, 3.05) is 5.32 Å². The maximum atomic E-state index is 11.9. The van der Waals surface area contributed by atoms with Gasteiger partial charge in [0.05, 0.1) is 15.7 Å². The van der Waals surface area contributed by atoms with Gasteiger partial charge in [0.25, 0.3) is 5.91 Å². The summed E-state index contributed by atoms with van der Waals surface area (Å²) in [5, 5.41) is 14.9. The predicted molar refractivity (Wildman–Crippen MR) is 77.1 cm³/mol. The van der Waals surface area contributed by atoms with Crippen LogP contribution in [0.1, 0.15) is 13.8 Å². The van der Waals surface area contributed by atoms with Gasteiger partial charge < -0.3 is 10.6 Å². The molecule has 0 fully saturated rings. The molecule has 2 N–H and O–H groups in total. The monoisotopic (exact) mass is 297 g/mol. The number of halogens is 2. The molecule has 4 nitrogen and oxygen atoms in total. The van der Waals surface area contributed by atoms with Gasteiger partial charge in [-0.2, -0.15) is 5.26 Å². The van der Waals surface area contributed by atoms with Crippen LogP contribution in [0.2, 0.25) is 10.0 Å². The second-order valence-electron chi connectivity index (χ2n) is 4.05. The predicted octanol–water partition coefficient (Wildman–Crippen LogP) is 3.34. The number of anilines is 1. The fraction of sp³-hybridized carbons (Fsp3) is 0.231. The summed E-state index contributed by atoms with van der Waals surface area (Å²) in [6.45, 7) is 3.80. The maximum absolute atomic E-state index is 11.9. The highest BCUT2D eigenvalue weighted by atomic mass is 35.5. The van der Waals surface area contributed by atoms with Crippen LogP contribution in [-0.2, 0) is 4.79 Å². The Balaban J connectivity index is 2.87. The number of carbonyl (C=O) groups is 1. The van der Waals surface area contributed by atoms with E-state index in [0.717, 1.165) is 0 Å². The van der Waals surface area contributed by atoms with Gasteiger partial charge in [-0.05, 0) is 26.0 Å². The Morgan fingerprint density at radius 1 is 1.42 bits per heavy atom. The molecule has 0 bridgehead atoms. The molecular weight excluding hydrogens is 285 g/mol. The van der Waals surface area contributed by atoms with Gasteiger partial charge in [-0.15, -0.1) is 0 Å². The summed E-state index contributed by atoms with van der Waals surface area (Å²) in [4.78, 5) is 11.9. The number of nitrogens with one attached hydrogen (secondary N) is 2. The van der Waals surface area contributed by atoms with E-state index in [2.05, 4.69) is 10.6 Å². The number of benzene rings is 1. The van der Waals surface area contributed by atoms with Crippen molar-refractivity contribution in [1.82, 2.24) is 5.32 Å². The standard InChI is InChI=1S/C13H13Cl2N3O/c1-8(2)17-7-9(6-16)13(19)18-11-5-3-4-10(14)12(11)15/h3-5,7-8,17H,1-2H3,(H,18,19)/b9-7-. The third-order valence-corrected chi connectivity index (χ3v) is 2.94. The molecule has 0 aliphatic carbocycles. The molecule has 0 radical (unpaired) electrons. The molecule has 0 spiro atoms. The molecule has 1 rings (SSSR count). The second-order valence-corrected chi connectivity index (χ2v) is 4.83. The van der Waals surface area contributed by atoms with Crippen LogP contribution in [0.4, 0.5) is 5.69 Å². The fourth-order valence-electron chi connectivity index (χ4n) is 1.19. The van der Waals surface area contributed by atoms with Crippen molar-refractivity contribution in [2.45, 2.75) is 19.9 Å². The van der Waals surface area contributed by atoms with Crippen LogP contribution >= 0.6 is 23.2 Å². The Morgan fingerprint density at radius 2 is 2.11 bits per heavy atom. The van der Waals surface area contributed by atoms with Crippen molar-refractivity contribution < 1.29 is 4.79 Å². The highest BCUT2D eigenvalue weighted by Gasteiger charge is 2.12. The van der Waals surface area contributed by atoms with Gasteiger partial charge in [-0.25, -0.2) is 0 Å². The SMILES string of the molecule is CC(C)N/C=C(/C#N)C(=O)Nc1cccc(Cl)c1Cl. The van der Waals surface area contributed by atoms with Crippen LogP contribution in [0.5, 0.6) is 0 Å². The molecule has 0 saturated heterocycles. The van der Waals surface area contributed by atoms with E-state index in [1.165, 1.54) is 6.20 Å². The zero-order valence-corrected chi connectivity index (χ0v) is 12.0. The highest BCUT2D eigenvalue weighted by molar-refractivity contribution is 6.44. The number of hydrogen-bond donors (Lipinski definition) is 2. The number of nitrogens with zero attached hydrogens (tertiary/aromatic N) is 1. The van der Waals surface area contributed by atoms with Gasteiger partial charge in [0.2, 0.25) is 0 Å².